The maximum absolute atomic E-state index is 5.23. The van der Waals surface area contributed by atoms with Gasteiger partial charge in [-0.05, 0) is 6.92 Å². The molecule has 4 nitrogen and oxygen atoms in total. The van der Waals surface area contributed by atoms with Crippen LogP contribution in [0.3, 0.4) is 0 Å². The molecule has 0 spiro atoms. The number of nitrogens with zero attached hydrogens (tertiary/aromatic N) is 2. The lowest BCUT2D eigenvalue weighted by Crippen LogP contribution is -2.37. The van der Waals surface area contributed by atoms with E-state index in [0.29, 0.717) is 13.1 Å². The summed E-state index contributed by atoms with van der Waals surface area (Å²) in [5.74, 6) is 3.26. The van der Waals surface area contributed by atoms with Crippen LogP contribution in [-0.2, 0) is 12.0 Å². The number of hydrogen-bond donors (Lipinski definition) is 2. The maximum atomic E-state index is 5.23. The van der Waals surface area contributed by atoms with E-state index in [1.807, 2.05) is 6.92 Å². The zero-order valence-corrected chi connectivity index (χ0v) is 15.6. The quantitative estimate of drug-likeness (QED) is 0.350. The van der Waals surface area contributed by atoms with Gasteiger partial charge in [-0.1, -0.05) is 26.7 Å². The van der Waals surface area contributed by atoms with Crippen molar-refractivity contribution < 1.29 is 0 Å². The monoisotopic (exact) mass is 406 g/mol. The topological polar surface area (TPSA) is 49.3 Å². The van der Waals surface area contributed by atoms with E-state index in [-0.39, 0.29) is 29.4 Å². The van der Waals surface area contributed by atoms with E-state index < -0.39 is 0 Å². The zero-order chi connectivity index (χ0) is 14.3. The van der Waals surface area contributed by atoms with E-state index in [0.717, 1.165) is 23.2 Å². The Hall–Kier alpha value is -0.810. The second-order valence-electron chi connectivity index (χ2n) is 5.15. The second kappa shape index (κ2) is 9.19. The minimum atomic E-state index is 0. The molecule has 0 aliphatic carbocycles. The molecule has 0 atom stereocenters. The van der Waals surface area contributed by atoms with Crippen LogP contribution in [0.4, 0.5) is 0 Å². The van der Waals surface area contributed by atoms with Crippen LogP contribution >= 0.6 is 35.3 Å². The molecule has 0 aliphatic rings. The Morgan fingerprint density at radius 1 is 1.45 bits per heavy atom. The predicted octanol–water partition coefficient (Wildman–Crippen LogP) is 2.75. The number of nitrogens with one attached hydrogen (secondary N) is 2. The highest BCUT2D eigenvalue weighted by Crippen LogP contribution is 2.25. The average Bonchev–Trinajstić information content (AvgIpc) is 2.81. The van der Waals surface area contributed by atoms with Gasteiger partial charge in [0.25, 0.3) is 0 Å². The summed E-state index contributed by atoms with van der Waals surface area (Å²) >= 11 is 1.69. The van der Waals surface area contributed by atoms with Crippen molar-refractivity contribution in [1.29, 1.82) is 0 Å². The molecule has 0 amide bonds. The van der Waals surface area contributed by atoms with Gasteiger partial charge in [-0.3, -0.25) is 0 Å². The molecule has 0 saturated heterocycles. The summed E-state index contributed by atoms with van der Waals surface area (Å²) in [5, 5.41) is 9.40. The Morgan fingerprint density at radius 3 is 2.65 bits per heavy atom. The third-order valence-electron chi connectivity index (χ3n) is 2.29. The minimum Gasteiger partial charge on any atom is -0.357 e. The Labute approximate surface area is 142 Å². The summed E-state index contributed by atoms with van der Waals surface area (Å²) in [6.07, 6.45) is 5.23. The summed E-state index contributed by atoms with van der Waals surface area (Å²) in [5.41, 5.74) is 1.09. The molecule has 0 aromatic carbocycles. The van der Waals surface area contributed by atoms with Crippen LogP contribution in [0.15, 0.2) is 10.4 Å². The van der Waals surface area contributed by atoms with E-state index >= 15 is 0 Å². The number of aliphatic imine (C=N–C) groups is 1. The average molecular weight is 406 g/mol. The molecule has 1 heterocycles. The molecule has 0 saturated carbocycles. The third kappa shape index (κ3) is 6.57. The number of rotatable bonds is 4. The lowest BCUT2D eigenvalue weighted by Gasteiger charge is -2.13. The van der Waals surface area contributed by atoms with Crippen LogP contribution < -0.4 is 10.6 Å². The Morgan fingerprint density at radius 2 is 2.15 bits per heavy atom. The van der Waals surface area contributed by atoms with Crippen molar-refractivity contribution in [2.24, 2.45) is 4.99 Å². The van der Waals surface area contributed by atoms with Crippen LogP contribution in [0.1, 0.15) is 38.4 Å². The fourth-order valence-corrected chi connectivity index (χ4v) is 2.26. The number of thiazole rings is 1. The minimum absolute atomic E-state index is 0. The Balaban J connectivity index is 0.00000361. The normalized spacial score (nSPS) is 11.4. The van der Waals surface area contributed by atoms with Gasteiger partial charge in [-0.15, -0.1) is 41.7 Å². The molecule has 0 aliphatic heterocycles. The molecular formula is C14H23IN4S. The number of hydrogen-bond acceptors (Lipinski definition) is 3. The molecular weight excluding hydrogens is 383 g/mol. The lowest BCUT2D eigenvalue weighted by atomic mass is 9.98. The summed E-state index contributed by atoms with van der Waals surface area (Å²) in [6.45, 7) is 10.4. The van der Waals surface area contributed by atoms with E-state index in [1.54, 1.807) is 11.3 Å². The first-order valence-corrected chi connectivity index (χ1v) is 7.26. The molecule has 1 aromatic heterocycles. The van der Waals surface area contributed by atoms with E-state index in [9.17, 15) is 0 Å². The van der Waals surface area contributed by atoms with Crippen LogP contribution in [0.25, 0.3) is 0 Å². The van der Waals surface area contributed by atoms with Gasteiger partial charge in [0.15, 0.2) is 5.96 Å². The Bertz CT molecular complexity index is 468. The summed E-state index contributed by atoms with van der Waals surface area (Å²) in [4.78, 5) is 9.07. The maximum Gasteiger partial charge on any atom is 0.192 e. The highest BCUT2D eigenvalue weighted by Gasteiger charge is 2.17. The van der Waals surface area contributed by atoms with Gasteiger partial charge in [-0.25, -0.2) is 9.98 Å². The highest BCUT2D eigenvalue weighted by molar-refractivity contribution is 14.0. The van der Waals surface area contributed by atoms with Crippen molar-refractivity contribution >= 4 is 41.3 Å². The van der Waals surface area contributed by atoms with Crippen molar-refractivity contribution in [3.63, 3.8) is 0 Å². The molecule has 1 aromatic rings. The molecule has 112 valence electrons. The van der Waals surface area contributed by atoms with Gasteiger partial charge in [0, 0.05) is 17.3 Å². The fourth-order valence-electron chi connectivity index (χ4n) is 1.36. The van der Waals surface area contributed by atoms with Gasteiger partial charge in [-0.2, -0.15) is 0 Å². The van der Waals surface area contributed by atoms with Crippen molar-refractivity contribution in [3.8, 4) is 12.3 Å². The van der Waals surface area contributed by atoms with Crippen molar-refractivity contribution in [2.75, 3.05) is 13.1 Å². The van der Waals surface area contributed by atoms with Crippen LogP contribution in [-0.4, -0.2) is 24.0 Å². The molecule has 0 bridgehead atoms. The van der Waals surface area contributed by atoms with Gasteiger partial charge >= 0.3 is 0 Å². The van der Waals surface area contributed by atoms with Crippen LogP contribution in [0, 0.1) is 12.3 Å². The number of guanidine groups is 1. The van der Waals surface area contributed by atoms with E-state index in [2.05, 4.69) is 52.7 Å². The lowest BCUT2D eigenvalue weighted by molar-refractivity contribution is 0.583. The summed E-state index contributed by atoms with van der Waals surface area (Å²) < 4.78 is 0. The third-order valence-corrected chi connectivity index (χ3v) is 3.61. The molecule has 20 heavy (non-hydrogen) atoms. The standard InChI is InChI=1S/C14H22N4S.HI/c1-6-8-16-13(15-7-2)17-9-11-10-19-12(18-11)14(3,4)5;/h1,10H,7-9H2,2-5H3,(H2,15,16,17);1H. The van der Waals surface area contributed by atoms with Gasteiger partial charge < -0.3 is 10.6 Å². The Kier molecular flexibility index (Phi) is 8.81. The van der Waals surface area contributed by atoms with Gasteiger partial charge in [0.05, 0.1) is 23.8 Å². The molecule has 1 rings (SSSR count). The predicted molar refractivity (Wildman–Crippen MR) is 97.9 cm³/mol. The number of terminal acetylenes is 1. The number of aromatic nitrogens is 1. The van der Waals surface area contributed by atoms with E-state index in [4.69, 9.17) is 6.42 Å². The van der Waals surface area contributed by atoms with Crippen molar-refractivity contribution in [1.82, 2.24) is 15.6 Å². The van der Waals surface area contributed by atoms with Crippen LogP contribution in [0.5, 0.6) is 0 Å². The van der Waals surface area contributed by atoms with Crippen molar-refractivity contribution in [2.45, 2.75) is 39.7 Å². The largest absolute Gasteiger partial charge is 0.357 e. The fraction of sp³-hybridized carbons (Fsp3) is 0.571. The first kappa shape index (κ1) is 19.2. The molecule has 0 unspecified atom stereocenters. The first-order valence-electron chi connectivity index (χ1n) is 6.38. The summed E-state index contributed by atoms with van der Waals surface area (Å²) in [7, 11) is 0. The number of halogens is 1. The SMILES string of the molecule is C#CCNC(=NCc1csc(C(C)(C)C)n1)NCC.I. The molecule has 2 N–H and O–H groups in total. The first-order chi connectivity index (χ1) is 8.97. The van der Waals surface area contributed by atoms with Gasteiger partial charge in [0.1, 0.15) is 0 Å². The molecule has 0 radical (unpaired) electrons. The van der Waals surface area contributed by atoms with Gasteiger partial charge in [0.2, 0.25) is 0 Å². The smallest absolute Gasteiger partial charge is 0.192 e. The van der Waals surface area contributed by atoms with E-state index in [1.165, 1.54) is 0 Å². The second-order valence-corrected chi connectivity index (χ2v) is 6.00. The van der Waals surface area contributed by atoms with Crippen LogP contribution in [0.2, 0.25) is 0 Å². The molecule has 6 heteroatoms. The van der Waals surface area contributed by atoms with Crippen molar-refractivity contribution in [3.05, 3.63) is 16.1 Å². The highest BCUT2D eigenvalue weighted by atomic mass is 127. The zero-order valence-electron chi connectivity index (χ0n) is 12.5. The summed E-state index contributed by atoms with van der Waals surface area (Å²) in [6, 6.07) is 0. The molecule has 0 fully saturated rings.